The van der Waals surface area contributed by atoms with Crippen molar-refractivity contribution in [1.82, 2.24) is 4.90 Å². The average molecular weight is 289 g/mol. The van der Waals surface area contributed by atoms with E-state index >= 15 is 0 Å². The molecule has 0 aliphatic carbocycles. The fourth-order valence-electron chi connectivity index (χ4n) is 2.93. The van der Waals surface area contributed by atoms with E-state index < -0.39 is 0 Å². The van der Waals surface area contributed by atoms with E-state index in [-0.39, 0.29) is 12.1 Å². The van der Waals surface area contributed by atoms with Crippen molar-refractivity contribution in [2.24, 2.45) is 0 Å². The second-order valence-corrected chi connectivity index (χ2v) is 6.35. The number of aryl methyl sites for hydroxylation is 1. The topological polar surface area (TPSA) is 29.5 Å². The van der Waals surface area contributed by atoms with E-state index in [2.05, 4.69) is 36.1 Å². The van der Waals surface area contributed by atoms with Gasteiger partial charge in [0.25, 0.3) is 0 Å². The Labute approximate surface area is 128 Å². The first kappa shape index (κ1) is 16.0. The van der Waals surface area contributed by atoms with E-state index in [1.54, 1.807) is 0 Å². The molecular weight excluding hydrogens is 262 g/mol. The van der Waals surface area contributed by atoms with Crippen molar-refractivity contribution in [3.8, 4) is 0 Å². The summed E-state index contributed by atoms with van der Waals surface area (Å²) in [4.78, 5) is 14.4. The molecule has 1 atom stereocenters. The molecule has 3 nitrogen and oxygen atoms in total. The number of rotatable bonds is 5. The van der Waals surface area contributed by atoms with Crippen LogP contribution in [-0.2, 0) is 16.1 Å². The molecule has 1 aromatic rings. The normalized spacial score (nSPS) is 19.7. The summed E-state index contributed by atoms with van der Waals surface area (Å²) < 4.78 is 5.30. The van der Waals surface area contributed by atoms with Gasteiger partial charge in [0.1, 0.15) is 0 Å². The Bertz CT molecular complexity index is 453. The van der Waals surface area contributed by atoms with Crippen LogP contribution in [0.15, 0.2) is 24.3 Å². The highest BCUT2D eigenvalue weighted by molar-refractivity contribution is 5.70. The van der Waals surface area contributed by atoms with Crippen LogP contribution in [-0.4, -0.2) is 29.6 Å². The standard InChI is InChI=1S/C18H27NO2/c1-14(2)21-18(20)12-17-6-4-5-11-19(17)13-16-9-7-15(3)8-10-16/h7-10,14,17H,4-6,11-13H2,1-3H3. The van der Waals surface area contributed by atoms with Crippen molar-refractivity contribution in [3.05, 3.63) is 35.4 Å². The van der Waals surface area contributed by atoms with Crippen LogP contribution in [0, 0.1) is 6.92 Å². The molecule has 1 fully saturated rings. The third-order valence-electron chi connectivity index (χ3n) is 4.02. The highest BCUT2D eigenvalue weighted by Crippen LogP contribution is 2.22. The molecule has 21 heavy (non-hydrogen) atoms. The maximum absolute atomic E-state index is 11.9. The Balaban J connectivity index is 1.95. The van der Waals surface area contributed by atoms with Gasteiger partial charge in [-0.15, -0.1) is 0 Å². The number of piperidine rings is 1. The fourth-order valence-corrected chi connectivity index (χ4v) is 2.93. The first-order valence-corrected chi connectivity index (χ1v) is 8.03. The maximum atomic E-state index is 11.9. The Morgan fingerprint density at radius 3 is 2.67 bits per heavy atom. The lowest BCUT2D eigenvalue weighted by molar-refractivity contribution is -0.149. The first-order chi connectivity index (χ1) is 10.0. The van der Waals surface area contributed by atoms with E-state index in [0.29, 0.717) is 12.5 Å². The van der Waals surface area contributed by atoms with Crippen LogP contribution in [0.1, 0.15) is 50.7 Å². The Hall–Kier alpha value is -1.35. The molecule has 3 heteroatoms. The first-order valence-electron chi connectivity index (χ1n) is 8.03. The third kappa shape index (κ3) is 5.16. The lowest BCUT2D eigenvalue weighted by Crippen LogP contribution is -2.40. The number of hydrogen-bond acceptors (Lipinski definition) is 3. The van der Waals surface area contributed by atoms with Crippen molar-refractivity contribution in [1.29, 1.82) is 0 Å². The van der Waals surface area contributed by atoms with Gasteiger partial charge in [0, 0.05) is 12.6 Å². The van der Waals surface area contributed by atoms with Crippen LogP contribution in [0.2, 0.25) is 0 Å². The highest BCUT2D eigenvalue weighted by atomic mass is 16.5. The number of likely N-dealkylation sites (tertiary alicyclic amines) is 1. The predicted molar refractivity (Wildman–Crippen MR) is 85.1 cm³/mol. The second kappa shape index (κ2) is 7.60. The van der Waals surface area contributed by atoms with Crippen LogP contribution in [0.4, 0.5) is 0 Å². The number of nitrogens with zero attached hydrogens (tertiary/aromatic N) is 1. The third-order valence-corrected chi connectivity index (χ3v) is 4.02. The molecule has 0 aromatic heterocycles. The quantitative estimate of drug-likeness (QED) is 0.774. The monoisotopic (exact) mass is 289 g/mol. The van der Waals surface area contributed by atoms with Gasteiger partial charge in [-0.05, 0) is 45.7 Å². The Morgan fingerprint density at radius 1 is 1.29 bits per heavy atom. The zero-order valence-corrected chi connectivity index (χ0v) is 13.5. The molecule has 0 saturated carbocycles. The summed E-state index contributed by atoms with van der Waals surface area (Å²) in [6, 6.07) is 9.01. The molecule has 1 aromatic carbocycles. The van der Waals surface area contributed by atoms with Crippen LogP contribution in [0.25, 0.3) is 0 Å². The molecule has 2 rings (SSSR count). The van der Waals surface area contributed by atoms with Crippen molar-refractivity contribution < 1.29 is 9.53 Å². The summed E-state index contributed by atoms with van der Waals surface area (Å²) in [5.41, 5.74) is 2.61. The molecule has 1 unspecified atom stereocenters. The molecule has 0 radical (unpaired) electrons. The SMILES string of the molecule is Cc1ccc(CN2CCCCC2CC(=O)OC(C)C)cc1. The maximum Gasteiger partial charge on any atom is 0.307 e. The minimum atomic E-state index is -0.0641. The lowest BCUT2D eigenvalue weighted by atomic mass is 9.98. The molecule has 1 aliphatic rings. The van der Waals surface area contributed by atoms with Crippen molar-refractivity contribution in [2.75, 3.05) is 6.54 Å². The number of carbonyl (C=O) groups is 1. The van der Waals surface area contributed by atoms with Gasteiger partial charge in [0.05, 0.1) is 12.5 Å². The van der Waals surface area contributed by atoms with Crippen molar-refractivity contribution in [3.63, 3.8) is 0 Å². The van der Waals surface area contributed by atoms with Crippen LogP contribution in [0.3, 0.4) is 0 Å². The summed E-state index contributed by atoms with van der Waals surface area (Å²) in [5, 5.41) is 0. The number of benzene rings is 1. The summed E-state index contributed by atoms with van der Waals surface area (Å²) in [7, 11) is 0. The molecule has 0 N–H and O–H groups in total. The second-order valence-electron chi connectivity index (χ2n) is 6.35. The van der Waals surface area contributed by atoms with Crippen LogP contribution in [0.5, 0.6) is 0 Å². The van der Waals surface area contributed by atoms with Gasteiger partial charge < -0.3 is 4.74 Å². The van der Waals surface area contributed by atoms with E-state index in [1.807, 2.05) is 13.8 Å². The average Bonchev–Trinajstić information content (AvgIpc) is 2.42. The predicted octanol–water partition coefficient (Wildman–Crippen LogP) is 3.69. The van der Waals surface area contributed by atoms with Gasteiger partial charge >= 0.3 is 5.97 Å². The fraction of sp³-hybridized carbons (Fsp3) is 0.611. The Morgan fingerprint density at radius 2 is 2.00 bits per heavy atom. The molecule has 0 bridgehead atoms. The molecule has 1 heterocycles. The van der Waals surface area contributed by atoms with Crippen molar-refractivity contribution >= 4 is 5.97 Å². The molecular formula is C18H27NO2. The van der Waals surface area contributed by atoms with E-state index in [1.165, 1.54) is 24.0 Å². The number of carbonyl (C=O) groups excluding carboxylic acids is 1. The Kier molecular flexibility index (Phi) is 5.80. The summed E-state index contributed by atoms with van der Waals surface area (Å²) in [6.07, 6.45) is 4.03. The summed E-state index contributed by atoms with van der Waals surface area (Å²) in [5.74, 6) is -0.0641. The van der Waals surface area contributed by atoms with Gasteiger partial charge in [-0.3, -0.25) is 9.69 Å². The molecule has 1 saturated heterocycles. The molecule has 0 spiro atoms. The summed E-state index contributed by atoms with van der Waals surface area (Å²) >= 11 is 0. The van der Waals surface area contributed by atoms with Gasteiger partial charge in [0.2, 0.25) is 0 Å². The lowest BCUT2D eigenvalue weighted by Gasteiger charge is -2.35. The molecule has 0 amide bonds. The molecule has 116 valence electrons. The van der Waals surface area contributed by atoms with Crippen LogP contribution >= 0.6 is 0 Å². The van der Waals surface area contributed by atoms with Gasteiger partial charge in [-0.2, -0.15) is 0 Å². The minimum absolute atomic E-state index is 0.0216. The highest BCUT2D eigenvalue weighted by Gasteiger charge is 2.25. The van der Waals surface area contributed by atoms with Crippen LogP contribution < -0.4 is 0 Å². The van der Waals surface area contributed by atoms with Crippen molar-refractivity contribution in [2.45, 2.75) is 65.1 Å². The van der Waals surface area contributed by atoms with Gasteiger partial charge in [-0.1, -0.05) is 36.2 Å². The van der Waals surface area contributed by atoms with E-state index in [9.17, 15) is 4.79 Å². The minimum Gasteiger partial charge on any atom is -0.463 e. The number of esters is 1. The number of ether oxygens (including phenoxy) is 1. The number of hydrogen-bond donors (Lipinski definition) is 0. The smallest absolute Gasteiger partial charge is 0.307 e. The zero-order chi connectivity index (χ0) is 15.2. The van der Waals surface area contributed by atoms with E-state index in [0.717, 1.165) is 19.5 Å². The summed E-state index contributed by atoms with van der Waals surface area (Å²) in [6.45, 7) is 7.93. The van der Waals surface area contributed by atoms with Gasteiger partial charge in [-0.25, -0.2) is 0 Å². The van der Waals surface area contributed by atoms with Gasteiger partial charge in [0.15, 0.2) is 0 Å². The zero-order valence-electron chi connectivity index (χ0n) is 13.5. The molecule has 1 aliphatic heterocycles. The van der Waals surface area contributed by atoms with E-state index in [4.69, 9.17) is 4.74 Å². The largest absolute Gasteiger partial charge is 0.463 e.